The van der Waals surface area contributed by atoms with Gasteiger partial charge in [0.15, 0.2) is 0 Å². The van der Waals surface area contributed by atoms with Crippen LogP contribution in [0.1, 0.15) is 15.9 Å². The number of anilines is 1. The Labute approximate surface area is 133 Å². The molecule has 24 heavy (non-hydrogen) atoms. The lowest BCUT2D eigenvalue weighted by molar-refractivity contribution is -0.137. The fourth-order valence-electron chi connectivity index (χ4n) is 2.10. The van der Waals surface area contributed by atoms with Crippen LogP contribution in [0.4, 0.5) is 18.9 Å². The Bertz CT molecular complexity index is 844. The number of nitrogens with one attached hydrogen (secondary N) is 1. The van der Waals surface area contributed by atoms with Gasteiger partial charge in [0.05, 0.1) is 16.8 Å². The summed E-state index contributed by atoms with van der Waals surface area (Å²) < 4.78 is 40.3. The summed E-state index contributed by atoms with van der Waals surface area (Å²) in [7, 11) is 0. The predicted molar refractivity (Wildman–Crippen MR) is 78.6 cm³/mol. The fourth-order valence-corrected chi connectivity index (χ4v) is 2.10. The molecular formula is C15H10F3N5O. The number of carbonyl (C=O) groups excluding carboxylic acids is 1. The van der Waals surface area contributed by atoms with Gasteiger partial charge < -0.3 is 5.32 Å². The first-order valence-corrected chi connectivity index (χ1v) is 6.76. The van der Waals surface area contributed by atoms with E-state index < -0.39 is 23.2 Å². The third kappa shape index (κ3) is 3.24. The highest BCUT2D eigenvalue weighted by Crippen LogP contribution is 2.32. The summed E-state index contributed by atoms with van der Waals surface area (Å²) >= 11 is 0. The molecule has 0 saturated carbocycles. The number of benzene rings is 2. The molecular weight excluding hydrogens is 323 g/mol. The van der Waals surface area contributed by atoms with E-state index in [9.17, 15) is 18.0 Å². The van der Waals surface area contributed by atoms with Gasteiger partial charge in [-0.05, 0) is 46.8 Å². The van der Waals surface area contributed by atoms with Crippen molar-refractivity contribution in [2.24, 2.45) is 0 Å². The molecule has 0 atom stereocenters. The highest BCUT2D eigenvalue weighted by Gasteiger charge is 2.34. The Morgan fingerprint density at radius 2 is 1.75 bits per heavy atom. The maximum Gasteiger partial charge on any atom is 0.417 e. The summed E-state index contributed by atoms with van der Waals surface area (Å²) in [6.45, 7) is 0. The van der Waals surface area contributed by atoms with Crippen LogP contribution in [0.3, 0.4) is 0 Å². The number of aromatic nitrogens is 4. The zero-order chi connectivity index (χ0) is 17.2. The van der Waals surface area contributed by atoms with Crippen molar-refractivity contribution in [1.29, 1.82) is 0 Å². The second kappa shape index (κ2) is 6.11. The number of tetrazole rings is 1. The van der Waals surface area contributed by atoms with Gasteiger partial charge in [0, 0.05) is 5.69 Å². The van der Waals surface area contributed by atoms with E-state index in [1.165, 1.54) is 23.1 Å². The lowest BCUT2D eigenvalue weighted by atomic mass is 10.1. The van der Waals surface area contributed by atoms with Crippen LogP contribution in [0, 0.1) is 0 Å². The average molecular weight is 333 g/mol. The SMILES string of the molecule is O=C(Nc1ccc(-n2cnnn2)cc1)c1ccccc1C(F)(F)F. The van der Waals surface area contributed by atoms with Crippen LogP contribution in [0.5, 0.6) is 0 Å². The lowest BCUT2D eigenvalue weighted by Crippen LogP contribution is -2.18. The van der Waals surface area contributed by atoms with Crippen molar-refractivity contribution in [2.75, 3.05) is 5.32 Å². The molecule has 0 bridgehead atoms. The van der Waals surface area contributed by atoms with Gasteiger partial charge in [-0.2, -0.15) is 13.2 Å². The molecule has 0 unspecified atom stereocenters. The van der Waals surface area contributed by atoms with E-state index in [2.05, 4.69) is 20.8 Å². The van der Waals surface area contributed by atoms with Gasteiger partial charge in [0.2, 0.25) is 0 Å². The molecule has 0 aliphatic rings. The highest BCUT2D eigenvalue weighted by atomic mass is 19.4. The standard InChI is InChI=1S/C15H10F3N5O/c16-15(17,18)13-4-2-1-3-12(13)14(24)20-10-5-7-11(8-6-10)23-9-19-21-22-23/h1-9H,(H,20,24). The highest BCUT2D eigenvalue weighted by molar-refractivity contribution is 6.05. The lowest BCUT2D eigenvalue weighted by Gasteiger charge is -2.12. The maximum absolute atomic E-state index is 13.0. The van der Waals surface area contributed by atoms with Crippen molar-refractivity contribution in [3.8, 4) is 5.69 Å². The van der Waals surface area contributed by atoms with Crippen molar-refractivity contribution >= 4 is 11.6 Å². The van der Waals surface area contributed by atoms with Gasteiger partial charge in [-0.25, -0.2) is 4.68 Å². The maximum atomic E-state index is 13.0. The number of halogens is 3. The van der Waals surface area contributed by atoms with Gasteiger partial charge in [-0.15, -0.1) is 5.10 Å². The number of carbonyl (C=O) groups is 1. The van der Waals surface area contributed by atoms with E-state index in [0.717, 1.165) is 12.1 Å². The van der Waals surface area contributed by atoms with Gasteiger partial charge in [-0.1, -0.05) is 12.1 Å². The quantitative estimate of drug-likeness (QED) is 0.800. The minimum absolute atomic E-state index is 0.355. The van der Waals surface area contributed by atoms with Crippen LogP contribution in [-0.4, -0.2) is 26.1 Å². The minimum atomic E-state index is -4.60. The first-order valence-electron chi connectivity index (χ1n) is 6.76. The van der Waals surface area contributed by atoms with E-state index in [4.69, 9.17) is 0 Å². The van der Waals surface area contributed by atoms with Crippen molar-refractivity contribution < 1.29 is 18.0 Å². The van der Waals surface area contributed by atoms with Crippen LogP contribution >= 0.6 is 0 Å². The van der Waals surface area contributed by atoms with E-state index in [1.807, 2.05) is 0 Å². The molecule has 122 valence electrons. The molecule has 3 rings (SSSR count). The van der Waals surface area contributed by atoms with Crippen LogP contribution in [0.15, 0.2) is 54.9 Å². The molecule has 0 saturated heterocycles. The second-order valence-electron chi connectivity index (χ2n) is 4.80. The number of nitrogens with zero attached hydrogens (tertiary/aromatic N) is 4. The normalized spacial score (nSPS) is 11.3. The molecule has 1 N–H and O–H groups in total. The van der Waals surface area contributed by atoms with Crippen molar-refractivity contribution in [3.05, 3.63) is 66.0 Å². The summed E-state index contributed by atoms with van der Waals surface area (Å²) in [5, 5.41) is 13.1. The van der Waals surface area contributed by atoms with E-state index in [0.29, 0.717) is 11.4 Å². The smallest absolute Gasteiger partial charge is 0.322 e. The van der Waals surface area contributed by atoms with Crippen molar-refractivity contribution in [3.63, 3.8) is 0 Å². The summed E-state index contributed by atoms with van der Waals surface area (Å²) in [6, 6.07) is 11.0. The molecule has 1 heterocycles. The zero-order valence-corrected chi connectivity index (χ0v) is 12.0. The Morgan fingerprint density at radius 1 is 1.04 bits per heavy atom. The molecule has 0 aliphatic heterocycles. The van der Waals surface area contributed by atoms with Gasteiger partial charge >= 0.3 is 6.18 Å². The van der Waals surface area contributed by atoms with Crippen LogP contribution < -0.4 is 5.32 Å². The summed E-state index contributed by atoms with van der Waals surface area (Å²) in [6.07, 6.45) is -3.20. The Hall–Kier alpha value is -3.23. The largest absolute Gasteiger partial charge is 0.417 e. The molecule has 1 amide bonds. The third-order valence-electron chi connectivity index (χ3n) is 3.22. The van der Waals surface area contributed by atoms with Crippen LogP contribution in [0.2, 0.25) is 0 Å². The molecule has 3 aromatic rings. The summed E-state index contributed by atoms with van der Waals surface area (Å²) in [5.41, 5.74) is -0.412. The van der Waals surface area contributed by atoms with Crippen molar-refractivity contribution in [2.45, 2.75) is 6.18 Å². The number of alkyl halides is 3. The third-order valence-corrected chi connectivity index (χ3v) is 3.22. The molecule has 1 aromatic heterocycles. The van der Waals surface area contributed by atoms with E-state index in [1.54, 1.807) is 24.3 Å². The first-order chi connectivity index (χ1) is 11.4. The summed E-state index contributed by atoms with van der Waals surface area (Å²) in [4.78, 5) is 12.1. The Balaban J connectivity index is 1.81. The molecule has 6 nitrogen and oxygen atoms in total. The van der Waals surface area contributed by atoms with E-state index in [-0.39, 0.29) is 0 Å². The predicted octanol–water partition coefficient (Wildman–Crippen LogP) is 2.93. The Morgan fingerprint density at radius 3 is 2.38 bits per heavy atom. The number of hydrogen-bond acceptors (Lipinski definition) is 4. The molecule has 0 fully saturated rings. The van der Waals surface area contributed by atoms with E-state index >= 15 is 0 Å². The molecule has 9 heteroatoms. The molecule has 0 radical (unpaired) electrons. The van der Waals surface area contributed by atoms with Gasteiger partial charge in [0.25, 0.3) is 5.91 Å². The second-order valence-corrected chi connectivity index (χ2v) is 4.80. The number of rotatable bonds is 3. The average Bonchev–Trinajstić information content (AvgIpc) is 3.09. The zero-order valence-electron chi connectivity index (χ0n) is 12.0. The minimum Gasteiger partial charge on any atom is -0.322 e. The fraction of sp³-hybridized carbons (Fsp3) is 0.0667. The van der Waals surface area contributed by atoms with Crippen molar-refractivity contribution in [1.82, 2.24) is 20.2 Å². The molecule has 0 spiro atoms. The first kappa shape index (κ1) is 15.7. The monoisotopic (exact) mass is 333 g/mol. The van der Waals surface area contributed by atoms with Gasteiger partial charge in [0.1, 0.15) is 6.33 Å². The number of amides is 1. The van der Waals surface area contributed by atoms with Gasteiger partial charge in [-0.3, -0.25) is 4.79 Å². The summed E-state index contributed by atoms with van der Waals surface area (Å²) in [5.74, 6) is -0.835. The van der Waals surface area contributed by atoms with Crippen LogP contribution in [-0.2, 0) is 6.18 Å². The van der Waals surface area contributed by atoms with Crippen LogP contribution in [0.25, 0.3) is 5.69 Å². The molecule has 0 aliphatic carbocycles. The number of hydrogen-bond donors (Lipinski definition) is 1. The topological polar surface area (TPSA) is 72.7 Å². The molecule has 2 aromatic carbocycles. The Kier molecular flexibility index (Phi) is 3.98.